The van der Waals surface area contributed by atoms with Crippen LogP contribution >= 0.6 is 11.6 Å². The number of benzene rings is 1. The molecule has 0 aromatic heterocycles. The fraction of sp³-hybridized carbons (Fsp3) is 0.444. The van der Waals surface area contributed by atoms with E-state index in [-0.39, 0.29) is 25.0 Å². The molecule has 6 heteroatoms. The average molecular weight is 350 g/mol. The zero-order valence-electron chi connectivity index (χ0n) is 13.5. The summed E-state index contributed by atoms with van der Waals surface area (Å²) in [5.74, 6) is -0.953. The third-order valence-corrected chi connectivity index (χ3v) is 4.74. The summed E-state index contributed by atoms with van der Waals surface area (Å²) in [5.41, 5.74) is 1.74. The number of carbonyl (C=O) groups excluding carboxylic acids is 2. The van der Waals surface area contributed by atoms with Crippen molar-refractivity contribution in [1.29, 1.82) is 0 Å². The van der Waals surface area contributed by atoms with Gasteiger partial charge in [-0.2, -0.15) is 0 Å². The first kappa shape index (κ1) is 17.0. The lowest BCUT2D eigenvalue weighted by Gasteiger charge is -2.27. The number of ether oxygens (including phenoxy) is 2. The maximum atomic E-state index is 12.6. The van der Waals surface area contributed by atoms with E-state index in [1.807, 2.05) is 18.2 Å². The number of carbonyl (C=O) groups is 2. The van der Waals surface area contributed by atoms with Crippen LogP contribution in [0.2, 0.25) is 5.02 Å². The first-order valence-electron chi connectivity index (χ1n) is 8.10. The van der Waals surface area contributed by atoms with Crippen LogP contribution in [0.1, 0.15) is 37.7 Å². The van der Waals surface area contributed by atoms with Crippen molar-refractivity contribution in [2.24, 2.45) is 0 Å². The third kappa shape index (κ3) is 3.62. The van der Waals surface area contributed by atoms with E-state index in [1.165, 1.54) is 0 Å². The Balaban J connectivity index is 1.83. The van der Waals surface area contributed by atoms with E-state index in [1.54, 1.807) is 13.0 Å². The topological polar surface area (TPSA) is 64.6 Å². The SMILES string of the molecule is CC1=C(C(=O)OCC2CCCO2)C(c2ccccc2Cl)CC(=O)N1. The first-order chi connectivity index (χ1) is 11.6. The number of amides is 1. The summed E-state index contributed by atoms with van der Waals surface area (Å²) >= 11 is 6.28. The van der Waals surface area contributed by atoms with Crippen molar-refractivity contribution in [3.8, 4) is 0 Å². The highest BCUT2D eigenvalue weighted by Gasteiger charge is 2.34. The molecular formula is C18H20ClNO4. The zero-order valence-corrected chi connectivity index (χ0v) is 14.3. The monoisotopic (exact) mass is 349 g/mol. The molecule has 0 bridgehead atoms. The fourth-order valence-electron chi connectivity index (χ4n) is 3.22. The van der Waals surface area contributed by atoms with Crippen LogP contribution in [0, 0.1) is 0 Å². The van der Waals surface area contributed by atoms with Gasteiger partial charge in [0.25, 0.3) is 0 Å². The Hall–Kier alpha value is -1.85. The highest BCUT2D eigenvalue weighted by Crippen LogP contribution is 2.37. The van der Waals surface area contributed by atoms with E-state index < -0.39 is 11.9 Å². The van der Waals surface area contributed by atoms with Gasteiger partial charge in [0.1, 0.15) is 6.61 Å². The molecule has 0 spiro atoms. The van der Waals surface area contributed by atoms with Crippen molar-refractivity contribution < 1.29 is 19.1 Å². The third-order valence-electron chi connectivity index (χ3n) is 4.39. The second kappa shape index (κ2) is 7.36. The first-order valence-corrected chi connectivity index (χ1v) is 8.48. The molecule has 1 saturated heterocycles. The highest BCUT2D eigenvalue weighted by molar-refractivity contribution is 6.31. The molecule has 2 atom stereocenters. The molecule has 2 aliphatic heterocycles. The van der Waals surface area contributed by atoms with E-state index >= 15 is 0 Å². The summed E-state index contributed by atoms with van der Waals surface area (Å²) in [6.45, 7) is 2.66. The van der Waals surface area contributed by atoms with Crippen LogP contribution < -0.4 is 5.32 Å². The molecule has 1 fully saturated rings. The van der Waals surface area contributed by atoms with Crippen molar-refractivity contribution in [2.45, 2.75) is 38.2 Å². The average Bonchev–Trinajstić information content (AvgIpc) is 3.06. The van der Waals surface area contributed by atoms with Gasteiger partial charge in [-0.1, -0.05) is 29.8 Å². The number of hydrogen-bond acceptors (Lipinski definition) is 4. The lowest BCUT2D eigenvalue weighted by atomic mass is 9.84. The molecule has 1 aromatic carbocycles. The molecular weight excluding hydrogens is 330 g/mol. The zero-order chi connectivity index (χ0) is 17.1. The van der Waals surface area contributed by atoms with Crippen molar-refractivity contribution in [2.75, 3.05) is 13.2 Å². The summed E-state index contributed by atoms with van der Waals surface area (Å²) in [7, 11) is 0. The lowest BCUT2D eigenvalue weighted by molar-refractivity contribution is -0.142. The van der Waals surface area contributed by atoms with Crippen LogP contribution in [0.4, 0.5) is 0 Å². The van der Waals surface area contributed by atoms with Gasteiger partial charge in [-0.05, 0) is 31.4 Å². The second-order valence-electron chi connectivity index (χ2n) is 6.10. The van der Waals surface area contributed by atoms with Crippen LogP contribution in [0.25, 0.3) is 0 Å². The van der Waals surface area contributed by atoms with Gasteiger partial charge < -0.3 is 14.8 Å². The number of halogens is 1. The largest absolute Gasteiger partial charge is 0.460 e. The number of rotatable bonds is 4. The van der Waals surface area contributed by atoms with Gasteiger partial charge in [0.2, 0.25) is 5.91 Å². The summed E-state index contributed by atoms with van der Waals surface area (Å²) in [6.07, 6.45) is 2.02. The summed E-state index contributed by atoms with van der Waals surface area (Å²) < 4.78 is 10.9. The fourth-order valence-corrected chi connectivity index (χ4v) is 3.48. The van der Waals surface area contributed by atoms with E-state index in [0.29, 0.717) is 22.9 Å². The van der Waals surface area contributed by atoms with Gasteiger partial charge in [-0.25, -0.2) is 4.79 Å². The van der Waals surface area contributed by atoms with Gasteiger partial charge >= 0.3 is 5.97 Å². The van der Waals surface area contributed by atoms with Crippen molar-refractivity contribution in [3.05, 3.63) is 46.1 Å². The van der Waals surface area contributed by atoms with Crippen molar-refractivity contribution in [1.82, 2.24) is 5.32 Å². The number of hydrogen-bond donors (Lipinski definition) is 1. The molecule has 128 valence electrons. The number of allylic oxidation sites excluding steroid dienone is 1. The van der Waals surface area contributed by atoms with Gasteiger partial charge in [0, 0.05) is 29.7 Å². The number of nitrogens with one attached hydrogen (secondary N) is 1. The quantitative estimate of drug-likeness (QED) is 0.849. The Morgan fingerprint density at radius 2 is 2.21 bits per heavy atom. The molecule has 1 aromatic rings. The molecule has 3 rings (SSSR count). The molecule has 24 heavy (non-hydrogen) atoms. The molecule has 1 N–H and O–H groups in total. The molecule has 0 radical (unpaired) electrons. The van der Waals surface area contributed by atoms with Crippen LogP contribution in [-0.2, 0) is 19.1 Å². The Kier molecular flexibility index (Phi) is 5.21. The van der Waals surface area contributed by atoms with Crippen LogP contribution in [-0.4, -0.2) is 31.2 Å². The Labute approximate surface area is 146 Å². The predicted octanol–water partition coefficient (Wildman–Crippen LogP) is 2.94. The van der Waals surface area contributed by atoms with Crippen LogP contribution in [0.15, 0.2) is 35.5 Å². The van der Waals surface area contributed by atoms with Crippen LogP contribution in [0.5, 0.6) is 0 Å². The molecule has 5 nitrogen and oxygen atoms in total. The van der Waals surface area contributed by atoms with E-state index in [4.69, 9.17) is 21.1 Å². The Morgan fingerprint density at radius 1 is 1.42 bits per heavy atom. The normalized spacial score (nSPS) is 24.0. The second-order valence-corrected chi connectivity index (χ2v) is 6.51. The minimum atomic E-state index is -0.423. The Bertz CT molecular complexity index is 679. The molecule has 2 heterocycles. The Morgan fingerprint density at radius 3 is 2.92 bits per heavy atom. The van der Waals surface area contributed by atoms with Crippen molar-refractivity contribution >= 4 is 23.5 Å². The van der Waals surface area contributed by atoms with Gasteiger partial charge in [0.05, 0.1) is 11.7 Å². The van der Waals surface area contributed by atoms with E-state index in [0.717, 1.165) is 18.4 Å². The van der Waals surface area contributed by atoms with Crippen molar-refractivity contribution in [3.63, 3.8) is 0 Å². The maximum Gasteiger partial charge on any atom is 0.336 e. The van der Waals surface area contributed by atoms with E-state index in [2.05, 4.69) is 5.32 Å². The molecule has 1 amide bonds. The predicted molar refractivity (Wildman–Crippen MR) is 89.6 cm³/mol. The van der Waals surface area contributed by atoms with E-state index in [9.17, 15) is 9.59 Å². The lowest BCUT2D eigenvalue weighted by Crippen LogP contribution is -2.34. The summed E-state index contributed by atoms with van der Waals surface area (Å²) in [5, 5.41) is 3.26. The van der Waals surface area contributed by atoms with Crippen LogP contribution in [0.3, 0.4) is 0 Å². The molecule has 0 saturated carbocycles. The smallest absolute Gasteiger partial charge is 0.336 e. The minimum Gasteiger partial charge on any atom is -0.460 e. The van der Waals surface area contributed by atoms with Gasteiger partial charge in [-0.15, -0.1) is 0 Å². The molecule has 2 aliphatic rings. The summed E-state index contributed by atoms with van der Waals surface area (Å²) in [6, 6.07) is 7.26. The minimum absolute atomic E-state index is 0.0354. The van der Waals surface area contributed by atoms with Gasteiger partial charge in [-0.3, -0.25) is 4.79 Å². The highest BCUT2D eigenvalue weighted by atomic mass is 35.5. The van der Waals surface area contributed by atoms with Gasteiger partial charge in [0.15, 0.2) is 0 Å². The number of esters is 1. The standard InChI is InChI=1S/C18H20ClNO4/c1-11-17(18(22)24-10-12-5-4-8-23-12)14(9-16(21)20-11)13-6-2-3-7-15(13)19/h2-3,6-7,12,14H,4-5,8-10H2,1H3,(H,20,21). The maximum absolute atomic E-state index is 12.6. The summed E-state index contributed by atoms with van der Waals surface area (Å²) in [4.78, 5) is 24.6. The molecule has 2 unspecified atom stereocenters. The molecule has 0 aliphatic carbocycles.